The minimum Gasteiger partial charge on any atom is -0.458 e. The molecule has 0 saturated carbocycles. The van der Waals surface area contributed by atoms with Gasteiger partial charge in [-0.05, 0) is 42.3 Å². The second-order valence-electron chi connectivity index (χ2n) is 8.84. The summed E-state index contributed by atoms with van der Waals surface area (Å²) in [6, 6.07) is 11.3. The van der Waals surface area contributed by atoms with Crippen molar-refractivity contribution in [2.75, 3.05) is 4.90 Å². The first kappa shape index (κ1) is 15.5. The smallest absolute Gasteiger partial charge is 0.145 e. The van der Waals surface area contributed by atoms with E-state index in [1.54, 1.807) is 0 Å². The molecule has 0 spiro atoms. The zero-order valence-electron chi connectivity index (χ0n) is 15.8. The molecule has 2 atom stereocenters. The third-order valence-corrected chi connectivity index (χ3v) is 8.59. The Kier molecular flexibility index (Phi) is 2.68. The standard InChI is InChI=1S/C22H25NOS/c1-13-18-17(19-16(24-18)11-12-25-19)22(6)21(4,5)20(2,3)14-9-7-8-10-15(14)23(13)22/h7-13H,1-6H3. The van der Waals surface area contributed by atoms with Gasteiger partial charge in [-0.1, -0.05) is 45.9 Å². The highest BCUT2D eigenvalue weighted by Gasteiger charge is 2.65. The number of benzene rings is 1. The van der Waals surface area contributed by atoms with E-state index in [4.69, 9.17) is 4.42 Å². The Balaban J connectivity index is 1.93. The zero-order valence-corrected chi connectivity index (χ0v) is 16.6. The van der Waals surface area contributed by atoms with Gasteiger partial charge in [0.1, 0.15) is 11.3 Å². The van der Waals surface area contributed by atoms with E-state index < -0.39 is 0 Å². The lowest BCUT2D eigenvalue weighted by Crippen LogP contribution is -2.61. The van der Waals surface area contributed by atoms with Crippen LogP contribution in [0, 0.1) is 5.41 Å². The fourth-order valence-electron chi connectivity index (χ4n) is 5.44. The largest absolute Gasteiger partial charge is 0.458 e. The molecule has 2 aliphatic rings. The Morgan fingerprint density at radius 2 is 1.76 bits per heavy atom. The number of hydrogen-bond donors (Lipinski definition) is 0. The van der Waals surface area contributed by atoms with E-state index in [1.807, 2.05) is 11.3 Å². The Bertz CT molecular complexity index is 1010. The average Bonchev–Trinajstić information content (AvgIpc) is 3.19. The molecule has 3 aromatic rings. The molecule has 0 radical (unpaired) electrons. The minimum atomic E-state index is -0.101. The lowest BCUT2D eigenvalue weighted by atomic mass is 9.51. The second kappa shape index (κ2) is 4.32. The Hall–Kier alpha value is -1.74. The summed E-state index contributed by atoms with van der Waals surface area (Å²) in [4.78, 5) is 2.63. The van der Waals surface area contributed by atoms with Gasteiger partial charge in [0.15, 0.2) is 0 Å². The van der Waals surface area contributed by atoms with Crippen molar-refractivity contribution >= 4 is 27.3 Å². The van der Waals surface area contributed by atoms with Gasteiger partial charge in [-0.2, -0.15) is 0 Å². The van der Waals surface area contributed by atoms with Crippen LogP contribution in [-0.4, -0.2) is 0 Å². The van der Waals surface area contributed by atoms with Gasteiger partial charge in [0.2, 0.25) is 0 Å². The van der Waals surface area contributed by atoms with Gasteiger partial charge in [-0.15, -0.1) is 11.3 Å². The van der Waals surface area contributed by atoms with Gasteiger partial charge >= 0.3 is 0 Å². The number of rotatable bonds is 0. The lowest BCUT2D eigenvalue weighted by molar-refractivity contribution is 0.0662. The minimum absolute atomic E-state index is 0.0364. The highest BCUT2D eigenvalue weighted by atomic mass is 32.1. The fourth-order valence-corrected chi connectivity index (χ4v) is 6.41. The van der Waals surface area contributed by atoms with E-state index in [2.05, 4.69) is 82.2 Å². The van der Waals surface area contributed by atoms with Gasteiger partial charge in [-0.25, -0.2) is 0 Å². The first-order valence-corrected chi connectivity index (χ1v) is 10.00. The number of furan rings is 1. The number of nitrogens with zero attached hydrogens (tertiary/aromatic N) is 1. The van der Waals surface area contributed by atoms with Crippen molar-refractivity contribution in [3.63, 3.8) is 0 Å². The van der Waals surface area contributed by atoms with Crippen LogP contribution in [0.15, 0.2) is 40.1 Å². The van der Waals surface area contributed by atoms with Crippen molar-refractivity contribution in [1.29, 1.82) is 0 Å². The van der Waals surface area contributed by atoms with Crippen LogP contribution in [0.2, 0.25) is 0 Å². The summed E-state index contributed by atoms with van der Waals surface area (Å²) in [6.07, 6.45) is 0. The van der Waals surface area contributed by atoms with E-state index in [0.717, 1.165) is 11.3 Å². The summed E-state index contributed by atoms with van der Waals surface area (Å²) in [5, 5.41) is 2.15. The zero-order chi connectivity index (χ0) is 17.8. The molecular formula is C22H25NOS. The third kappa shape index (κ3) is 1.45. The predicted octanol–water partition coefficient (Wildman–Crippen LogP) is 6.61. The normalized spacial score (nSPS) is 28.7. The summed E-state index contributed by atoms with van der Waals surface area (Å²) in [6.45, 7) is 14.4. The van der Waals surface area contributed by atoms with Gasteiger partial charge in [0.05, 0.1) is 16.3 Å². The highest BCUT2D eigenvalue weighted by molar-refractivity contribution is 7.17. The molecule has 0 fully saturated rings. The van der Waals surface area contributed by atoms with Crippen molar-refractivity contribution in [2.45, 2.75) is 58.5 Å². The predicted molar refractivity (Wildman–Crippen MR) is 106 cm³/mol. The van der Waals surface area contributed by atoms with Crippen molar-refractivity contribution in [2.24, 2.45) is 5.41 Å². The molecule has 2 aliphatic heterocycles. The maximum absolute atomic E-state index is 6.37. The third-order valence-electron chi connectivity index (χ3n) is 7.67. The molecule has 0 saturated heterocycles. The van der Waals surface area contributed by atoms with Crippen LogP contribution in [0.3, 0.4) is 0 Å². The molecule has 2 nitrogen and oxygen atoms in total. The molecule has 4 heterocycles. The Morgan fingerprint density at radius 3 is 2.52 bits per heavy atom. The molecule has 1 aromatic carbocycles. The van der Waals surface area contributed by atoms with Gasteiger partial charge in [-0.3, -0.25) is 0 Å². The first-order valence-electron chi connectivity index (χ1n) is 9.12. The van der Waals surface area contributed by atoms with Gasteiger partial charge in [0, 0.05) is 16.7 Å². The molecule has 0 amide bonds. The SMILES string of the molecule is CC1c2oc3ccsc3c2C2(C)N1c1ccccc1C(C)(C)C2(C)C. The van der Waals surface area contributed by atoms with E-state index in [9.17, 15) is 0 Å². The Labute approximate surface area is 153 Å². The maximum Gasteiger partial charge on any atom is 0.145 e. The van der Waals surface area contributed by atoms with Crippen molar-refractivity contribution in [3.05, 3.63) is 52.6 Å². The van der Waals surface area contributed by atoms with E-state index >= 15 is 0 Å². The summed E-state index contributed by atoms with van der Waals surface area (Å²) < 4.78 is 7.69. The first-order chi connectivity index (χ1) is 11.7. The van der Waals surface area contributed by atoms with Crippen LogP contribution in [-0.2, 0) is 11.0 Å². The lowest BCUT2D eigenvalue weighted by Gasteiger charge is -2.61. The van der Waals surface area contributed by atoms with Gasteiger partial charge < -0.3 is 9.32 Å². The number of hydrogen-bond acceptors (Lipinski definition) is 3. The fraction of sp³-hybridized carbons (Fsp3) is 0.455. The monoisotopic (exact) mass is 351 g/mol. The van der Waals surface area contributed by atoms with E-state index in [1.165, 1.54) is 21.5 Å². The van der Waals surface area contributed by atoms with Crippen LogP contribution < -0.4 is 4.90 Å². The quantitative estimate of drug-likeness (QED) is 0.453. The Morgan fingerprint density at radius 1 is 1.04 bits per heavy atom. The van der Waals surface area contributed by atoms with Crippen LogP contribution in [0.4, 0.5) is 5.69 Å². The summed E-state index contributed by atoms with van der Waals surface area (Å²) in [5.41, 5.74) is 5.25. The highest BCUT2D eigenvalue weighted by Crippen LogP contribution is 2.68. The van der Waals surface area contributed by atoms with Crippen LogP contribution in [0.5, 0.6) is 0 Å². The van der Waals surface area contributed by atoms with E-state index in [0.29, 0.717) is 0 Å². The molecule has 2 aromatic heterocycles. The number of thiophene rings is 1. The molecule has 0 aliphatic carbocycles. The number of para-hydroxylation sites is 1. The van der Waals surface area contributed by atoms with Gasteiger partial charge in [0.25, 0.3) is 0 Å². The van der Waals surface area contributed by atoms with Crippen LogP contribution in [0.25, 0.3) is 10.3 Å². The topological polar surface area (TPSA) is 16.4 Å². The maximum atomic E-state index is 6.37. The van der Waals surface area contributed by atoms with Crippen LogP contribution >= 0.6 is 11.3 Å². The number of fused-ring (bicyclic) bond motifs is 7. The molecule has 5 rings (SSSR count). The molecule has 0 bridgehead atoms. The molecule has 25 heavy (non-hydrogen) atoms. The molecular weight excluding hydrogens is 326 g/mol. The second-order valence-corrected chi connectivity index (χ2v) is 9.76. The summed E-state index contributed by atoms with van der Waals surface area (Å²) in [5.74, 6) is 1.16. The summed E-state index contributed by atoms with van der Waals surface area (Å²) in [7, 11) is 0. The average molecular weight is 352 g/mol. The van der Waals surface area contributed by atoms with Crippen molar-refractivity contribution in [1.82, 2.24) is 0 Å². The summed E-state index contributed by atoms with van der Waals surface area (Å²) >= 11 is 1.82. The molecule has 2 unspecified atom stereocenters. The van der Waals surface area contributed by atoms with Crippen LogP contribution in [0.1, 0.15) is 64.5 Å². The molecule has 0 N–H and O–H groups in total. The van der Waals surface area contributed by atoms with Crippen molar-refractivity contribution < 1.29 is 4.42 Å². The van der Waals surface area contributed by atoms with Crippen molar-refractivity contribution in [3.8, 4) is 0 Å². The van der Waals surface area contributed by atoms with E-state index in [-0.39, 0.29) is 22.4 Å². The molecule has 130 valence electrons. The number of anilines is 1. The molecule has 3 heteroatoms.